The zero-order valence-electron chi connectivity index (χ0n) is 13.3. The summed E-state index contributed by atoms with van der Waals surface area (Å²) < 4.78 is 1.96. The van der Waals surface area contributed by atoms with Crippen molar-refractivity contribution in [1.29, 1.82) is 0 Å². The smallest absolute Gasteiger partial charge is 0.195 e. The zero-order chi connectivity index (χ0) is 16.5. The molecule has 4 heteroatoms. The minimum Gasteiger partial charge on any atom is -0.296 e. The molecule has 0 unspecified atom stereocenters. The van der Waals surface area contributed by atoms with E-state index in [-0.39, 0.29) is 0 Å². The van der Waals surface area contributed by atoms with Crippen LogP contribution in [0.15, 0.2) is 60.0 Å². The number of aromatic nitrogens is 2. The third-order valence-corrected chi connectivity index (χ3v) is 5.04. The lowest BCUT2D eigenvalue weighted by atomic mass is 10.1. The van der Waals surface area contributed by atoms with Crippen LogP contribution in [0.4, 0.5) is 0 Å². The normalized spacial score (nSPS) is 11.0. The Hall–Kier alpha value is -2.72. The van der Waals surface area contributed by atoms with E-state index in [1.165, 1.54) is 5.56 Å². The average Bonchev–Trinajstić information content (AvgIpc) is 3.21. The van der Waals surface area contributed by atoms with Gasteiger partial charge in [0.25, 0.3) is 0 Å². The van der Waals surface area contributed by atoms with Crippen molar-refractivity contribution in [2.45, 2.75) is 13.3 Å². The van der Waals surface area contributed by atoms with Gasteiger partial charge in [-0.1, -0.05) is 61.5 Å². The van der Waals surface area contributed by atoms with Gasteiger partial charge in [-0.3, -0.25) is 9.20 Å². The third-order valence-electron chi connectivity index (χ3n) is 4.22. The van der Waals surface area contributed by atoms with Gasteiger partial charge in [-0.15, -0.1) is 11.3 Å². The highest BCUT2D eigenvalue weighted by molar-refractivity contribution is 7.15. The van der Waals surface area contributed by atoms with E-state index in [1.54, 1.807) is 11.3 Å². The van der Waals surface area contributed by atoms with E-state index in [0.29, 0.717) is 5.69 Å². The molecule has 0 spiro atoms. The second-order valence-corrected chi connectivity index (χ2v) is 6.46. The topological polar surface area (TPSA) is 34.4 Å². The van der Waals surface area contributed by atoms with Crippen molar-refractivity contribution in [2.24, 2.45) is 0 Å². The first-order chi connectivity index (χ1) is 11.8. The largest absolute Gasteiger partial charge is 0.296 e. The molecule has 0 radical (unpaired) electrons. The van der Waals surface area contributed by atoms with Crippen molar-refractivity contribution < 1.29 is 4.79 Å². The van der Waals surface area contributed by atoms with E-state index in [9.17, 15) is 4.79 Å². The lowest BCUT2D eigenvalue weighted by Crippen LogP contribution is -1.94. The summed E-state index contributed by atoms with van der Waals surface area (Å²) in [5.74, 6) is 0. The monoisotopic (exact) mass is 332 g/mol. The van der Waals surface area contributed by atoms with Gasteiger partial charge in [0, 0.05) is 10.9 Å². The fraction of sp³-hybridized carbons (Fsp3) is 0.100. The first-order valence-electron chi connectivity index (χ1n) is 7.91. The zero-order valence-corrected chi connectivity index (χ0v) is 14.1. The van der Waals surface area contributed by atoms with Crippen LogP contribution in [-0.2, 0) is 6.42 Å². The molecular weight excluding hydrogens is 316 g/mol. The quantitative estimate of drug-likeness (QED) is 0.487. The second kappa shape index (κ2) is 6.06. The number of benzene rings is 2. The lowest BCUT2D eigenvalue weighted by Gasteiger charge is -2.04. The van der Waals surface area contributed by atoms with Gasteiger partial charge in [-0.2, -0.15) is 0 Å². The fourth-order valence-corrected chi connectivity index (χ4v) is 3.81. The summed E-state index contributed by atoms with van der Waals surface area (Å²) in [4.78, 5) is 17.3. The molecule has 0 N–H and O–H groups in total. The predicted molar refractivity (Wildman–Crippen MR) is 98.7 cm³/mol. The number of hydrogen-bond acceptors (Lipinski definition) is 3. The lowest BCUT2D eigenvalue weighted by molar-refractivity contribution is 0.111. The Morgan fingerprint density at radius 2 is 1.79 bits per heavy atom. The number of thiazole rings is 1. The Labute approximate surface area is 144 Å². The maximum absolute atomic E-state index is 11.8. The molecule has 2 heterocycles. The number of aryl methyl sites for hydroxylation is 1. The van der Waals surface area contributed by atoms with E-state index in [0.717, 1.165) is 40.2 Å². The number of carbonyl (C=O) groups excluding carboxylic acids is 1. The highest BCUT2D eigenvalue weighted by Crippen LogP contribution is 2.32. The number of hydrogen-bond donors (Lipinski definition) is 0. The highest BCUT2D eigenvalue weighted by atomic mass is 32.1. The number of carbonyl (C=O) groups is 1. The minimum absolute atomic E-state index is 0.604. The van der Waals surface area contributed by atoms with Crippen molar-refractivity contribution in [3.8, 4) is 22.5 Å². The number of rotatable bonds is 4. The van der Waals surface area contributed by atoms with E-state index < -0.39 is 0 Å². The average molecular weight is 332 g/mol. The molecule has 0 aliphatic heterocycles. The van der Waals surface area contributed by atoms with E-state index in [4.69, 9.17) is 0 Å². The number of nitrogens with zero attached hydrogens (tertiary/aromatic N) is 2. The van der Waals surface area contributed by atoms with E-state index in [1.807, 2.05) is 34.7 Å². The first kappa shape index (κ1) is 14.8. The molecule has 0 amide bonds. The molecular formula is C20H16N2OS. The van der Waals surface area contributed by atoms with E-state index >= 15 is 0 Å². The minimum atomic E-state index is 0.604. The van der Waals surface area contributed by atoms with Crippen LogP contribution in [0.1, 0.15) is 23.0 Å². The van der Waals surface area contributed by atoms with Gasteiger partial charge in [0.2, 0.25) is 0 Å². The summed E-state index contributed by atoms with van der Waals surface area (Å²) in [6.45, 7) is 2.14. The molecule has 3 nitrogen and oxygen atoms in total. The molecule has 0 bridgehead atoms. The number of imidazole rings is 1. The van der Waals surface area contributed by atoms with Crippen LogP contribution < -0.4 is 0 Å². The molecule has 4 aromatic rings. The first-order valence-corrected chi connectivity index (χ1v) is 8.79. The van der Waals surface area contributed by atoms with Crippen LogP contribution in [0.2, 0.25) is 0 Å². The Kier molecular flexibility index (Phi) is 3.75. The summed E-state index contributed by atoms with van der Waals surface area (Å²) in [5.41, 5.74) is 5.71. The maximum Gasteiger partial charge on any atom is 0.195 e. The van der Waals surface area contributed by atoms with Crippen LogP contribution in [-0.4, -0.2) is 15.7 Å². The van der Waals surface area contributed by atoms with Crippen molar-refractivity contribution in [2.75, 3.05) is 0 Å². The summed E-state index contributed by atoms with van der Waals surface area (Å²) in [5, 5.41) is 2.06. The Morgan fingerprint density at radius 1 is 1.04 bits per heavy atom. The summed E-state index contributed by atoms with van der Waals surface area (Å²) in [6, 6.07) is 18.3. The molecule has 4 rings (SSSR count). The van der Waals surface area contributed by atoms with E-state index in [2.05, 4.69) is 41.6 Å². The summed E-state index contributed by atoms with van der Waals surface area (Å²) in [7, 11) is 0. The molecule has 2 aromatic carbocycles. The molecule has 0 fully saturated rings. The van der Waals surface area contributed by atoms with Crippen molar-refractivity contribution in [3.05, 3.63) is 71.2 Å². The SMILES string of the molecule is CCc1ccc(-c2csc3nc(-c4ccccc4)c(C=O)n23)cc1. The molecule has 0 aliphatic rings. The van der Waals surface area contributed by atoms with Gasteiger partial charge >= 0.3 is 0 Å². The molecule has 0 atom stereocenters. The Morgan fingerprint density at radius 3 is 2.46 bits per heavy atom. The third kappa shape index (κ3) is 2.36. The molecule has 118 valence electrons. The van der Waals surface area contributed by atoms with Gasteiger partial charge in [0.15, 0.2) is 11.2 Å². The number of fused-ring (bicyclic) bond motifs is 1. The van der Waals surface area contributed by atoms with Gasteiger partial charge in [-0.25, -0.2) is 4.98 Å². The molecule has 0 saturated heterocycles. The number of aldehydes is 1. The molecule has 2 aromatic heterocycles. The maximum atomic E-state index is 11.8. The van der Waals surface area contributed by atoms with Crippen LogP contribution in [0, 0.1) is 0 Å². The van der Waals surface area contributed by atoms with Gasteiger partial charge in [0.05, 0.1) is 5.69 Å². The van der Waals surface area contributed by atoms with Crippen LogP contribution >= 0.6 is 11.3 Å². The predicted octanol–water partition coefficient (Wildman–Crippen LogP) is 5.10. The molecule has 0 aliphatic carbocycles. The van der Waals surface area contributed by atoms with Crippen molar-refractivity contribution >= 4 is 22.6 Å². The van der Waals surface area contributed by atoms with Crippen LogP contribution in [0.5, 0.6) is 0 Å². The van der Waals surface area contributed by atoms with Gasteiger partial charge in [0.1, 0.15) is 11.4 Å². The Balaban J connectivity index is 1.92. The van der Waals surface area contributed by atoms with Crippen LogP contribution in [0.25, 0.3) is 27.5 Å². The fourth-order valence-electron chi connectivity index (χ4n) is 2.91. The second-order valence-electron chi connectivity index (χ2n) is 5.62. The molecule has 0 saturated carbocycles. The van der Waals surface area contributed by atoms with Crippen molar-refractivity contribution in [3.63, 3.8) is 0 Å². The standard InChI is InChI=1S/C20H16N2OS/c1-2-14-8-10-15(11-9-14)18-13-24-20-21-19(17(12-23)22(18)20)16-6-4-3-5-7-16/h3-13H,2H2,1H3. The Bertz CT molecular complexity index is 997. The van der Waals surface area contributed by atoms with Crippen molar-refractivity contribution in [1.82, 2.24) is 9.38 Å². The van der Waals surface area contributed by atoms with Crippen LogP contribution in [0.3, 0.4) is 0 Å². The highest BCUT2D eigenvalue weighted by Gasteiger charge is 2.18. The summed E-state index contributed by atoms with van der Waals surface area (Å²) >= 11 is 1.56. The summed E-state index contributed by atoms with van der Waals surface area (Å²) in [6.07, 6.45) is 1.92. The van der Waals surface area contributed by atoms with Gasteiger partial charge in [-0.05, 0) is 17.5 Å². The molecule has 24 heavy (non-hydrogen) atoms. The van der Waals surface area contributed by atoms with Gasteiger partial charge < -0.3 is 0 Å².